The van der Waals surface area contributed by atoms with E-state index in [0.717, 1.165) is 5.56 Å². The van der Waals surface area contributed by atoms with E-state index < -0.39 is 5.82 Å². The van der Waals surface area contributed by atoms with Crippen molar-refractivity contribution >= 4 is 21.6 Å². The first-order valence-corrected chi connectivity index (χ1v) is 6.02. The van der Waals surface area contributed by atoms with Gasteiger partial charge in [0.25, 0.3) is 0 Å². The summed E-state index contributed by atoms with van der Waals surface area (Å²) in [5, 5.41) is 12.0. The molecule has 0 fully saturated rings. The number of anilines is 1. The highest BCUT2D eigenvalue weighted by atomic mass is 79.9. The van der Waals surface area contributed by atoms with Gasteiger partial charge < -0.3 is 10.4 Å². The van der Waals surface area contributed by atoms with Crippen molar-refractivity contribution in [1.82, 2.24) is 0 Å². The zero-order chi connectivity index (χ0) is 13.1. The van der Waals surface area contributed by atoms with Crippen molar-refractivity contribution in [3.63, 3.8) is 0 Å². The van der Waals surface area contributed by atoms with E-state index in [1.807, 2.05) is 0 Å². The molecule has 0 heterocycles. The summed E-state index contributed by atoms with van der Waals surface area (Å²) in [5.41, 5.74) is 1.41. The molecule has 0 saturated heterocycles. The van der Waals surface area contributed by atoms with Crippen molar-refractivity contribution in [1.29, 1.82) is 0 Å². The molecular weight excluding hydrogens is 304 g/mol. The van der Waals surface area contributed by atoms with Gasteiger partial charge in [-0.25, -0.2) is 8.78 Å². The van der Waals surface area contributed by atoms with E-state index in [2.05, 4.69) is 21.2 Å². The van der Waals surface area contributed by atoms with Gasteiger partial charge in [-0.15, -0.1) is 0 Å². The van der Waals surface area contributed by atoms with Crippen molar-refractivity contribution in [2.24, 2.45) is 0 Å². The molecule has 0 atom stereocenters. The topological polar surface area (TPSA) is 32.3 Å². The monoisotopic (exact) mass is 313 g/mol. The standard InChI is InChI=1S/C13H10BrF2NO/c14-10-5-8(1-3-11(10)15)7-17-9-2-4-13(18)12(16)6-9/h1-6,17-18H,7H2. The van der Waals surface area contributed by atoms with Crippen LogP contribution in [0.3, 0.4) is 0 Å². The Morgan fingerprint density at radius 1 is 1.06 bits per heavy atom. The Balaban J connectivity index is 2.06. The van der Waals surface area contributed by atoms with Crippen LogP contribution in [0.15, 0.2) is 40.9 Å². The van der Waals surface area contributed by atoms with Crippen LogP contribution in [-0.2, 0) is 6.54 Å². The minimum absolute atomic E-state index is 0.325. The van der Waals surface area contributed by atoms with Gasteiger partial charge in [-0.2, -0.15) is 0 Å². The van der Waals surface area contributed by atoms with Crippen molar-refractivity contribution in [3.05, 3.63) is 58.1 Å². The largest absolute Gasteiger partial charge is 0.505 e. The van der Waals surface area contributed by atoms with Crippen LogP contribution < -0.4 is 5.32 Å². The van der Waals surface area contributed by atoms with Gasteiger partial charge in [0.15, 0.2) is 11.6 Å². The SMILES string of the molecule is Oc1ccc(NCc2ccc(F)c(Br)c2)cc1F. The molecule has 5 heteroatoms. The smallest absolute Gasteiger partial charge is 0.166 e. The number of nitrogens with one attached hydrogen (secondary N) is 1. The van der Waals surface area contributed by atoms with Crippen LogP contribution in [0.5, 0.6) is 5.75 Å². The van der Waals surface area contributed by atoms with Crippen molar-refractivity contribution < 1.29 is 13.9 Å². The molecule has 0 spiro atoms. The molecule has 0 bridgehead atoms. The third kappa shape index (κ3) is 2.98. The molecule has 0 saturated carbocycles. The van der Waals surface area contributed by atoms with E-state index in [0.29, 0.717) is 16.7 Å². The van der Waals surface area contributed by atoms with E-state index in [9.17, 15) is 8.78 Å². The summed E-state index contributed by atoms with van der Waals surface area (Å²) in [6.45, 7) is 0.434. The van der Waals surface area contributed by atoms with E-state index in [1.54, 1.807) is 18.2 Å². The Kier molecular flexibility index (Phi) is 3.81. The van der Waals surface area contributed by atoms with E-state index in [-0.39, 0.29) is 11.6 Å². The number of benzene rings is 2. The van der Waals surface area contributed by atoms with Gasteiger partial charge in [0.1, 0.15) is 5.82 Å². The molecular formula is C13H10BrF2NO. The number of hydrogen-bond donors (Lipinski definition) is 2. The molecule has 2 aromatic carbocycles. The second-order valence-electron chi connectivity index (χ2n) is 3.77. The van der Waals surface area contributed by atoms with Gasteiger partial charge in [-0.3, -0.25) is 0 Å². The molecule has 0 aromatic heterocycles. The molecule has 18 heavy (non-hydrogen) atoms. The van der Waals surface area contributed by atoms with Crippen LogP contribution in [0.2, 0.25) is 0 Å². The predicted molar refractivity (Wildman–Crippen MR) is 69.5 cm³/mol. The number of phenols is 1. The van der Waals surface area contributed by atoms with Gasteiger partial charge >= 0.3 is 0 Å². The van der Waals surface area contributed by atoms with Gasteiger partial charge in [-0.05, 0) is 45.8 Å². The minimum atomic E-state index is -0.680. The number of rotatable bonds is 3. The molecule has 0 amide bonds. The second kappa shape index (κ2) is 5.35. The summed E-state index contributed by atoms with van der Waals surface area (Å²) in [7, 11) is 0. The highest BCUT2D eigenvalue weighted by Gasteiger charge is 2.03. The van der Waals surface area contributed by atoms with Crippen LogP contribution >= 0.6 is 15.9 Å². The Morgan fingerprint density at radius 2 is 1.83 bits per heavy atom. The first-order chi connectivity index (χ1) is 8.56. The highest BCUT2D eigenvalue weighted by Crippen LogP contribution is 2.21. The number of halogens is 3. The molecule has 0 aliphatic carbocycles. The lowest BCUT2D eigenvalue weighted by atomic mass is 10.2. The quantitative estimate of drug-likeness (QED) is 0.838. The van der Waals surface area contributed by atoms with Gasteiger partial charge in [0, 0.05) is 18.3 Å². The average molecular weight is 314 g/mol. The summed E-state index contributed by atoms with van der Waals surface area (Å²) in [5.74, 6) is -1.39. The maximum absolute atomic E-state index is 13.1. The van der Waals surface area contributed by atoms with E-state index in [4.69, 9.17) is 5.11 Å². The lowest BCUT2D eigenvalue weighted by Crippen LogP contribution is -2.00. The van der Waals surface area contributed by atoms with E-state index in [1.165, 1.54) is 18.2 Å². The lowest BCUT2D eigenvalue weighted by Gasteiger charge is -2.08. The summed E-state index contributed by atoms with van der Waals surface area (Å²) in [4.78, 5) is 0. The van der Waals surface area contributed by atoms with Crippen LogP contribution in [0.25, 0.3) is 0 Å². The van der Waals surface area contributed by atoms with Crippen LogP contribution in [-0.4, -0.2) is 5.11 Å². The minimum Gasteiger partial charge on any atom is -0.505 e. The molecule has 2 aromatic rings. The van der Waals surface area contributed by atoms with Gasteiger partial charge in [-0.1, -0.05) is 6.07 Å². The summed E-state index contributed by atoms with van der Waals surface area (Å²) < 4.78 is 26.5. The Labute approximate surface area is 111 Å². The first-order valence-electron chi connectivity index (χ1n) is 5.22. The van der Waals surface area contributed by atoms with Crippen molar-refractivity contribution in [3.8, 4) is 5.75 Å². The maximum atomic E-state index is 13.1. The molecule has 0 unspecified atom stereocenters. The fraction of sp³-hybridized carbons (Fsp3) is 0.0769. The van der Waals surface area contributed by atoms with Crippen LogP contribution in [0.1, 0.15) is 5.56 Å². The van der Waals surface area contributed by atoms with Crippen LogP contribution in [0.4, 0.5) is 14.5 Å². The summed E-state index contributed by atoms with van der Waals surface area (Å²) >= 11 is 3.10. The third-order valence-electron chi connectivity index (χ3n) is 2.43. The number of hydrogen-bond acceptors (Lipinski definition) is 2. The fourth-order valence-corrected chi connectivity index (χ4v) is 1.90. The molecule has 0 aliphatic rings. The Bertz CT molecular complexity index is 523. The zero-order valence-corrected chi connectivity index (χ0v) is 10.8. The first kappa shape index (κ1) is 12.8. The fourth-order valence-electron chi connectivity index (χ4n) is 1.47. The number of aromatic hydroxyl groups is 1. The lowest BCUT2D eigenvalue weighted by molar-refractivity contribution is 0.432. The molecule has 2 N–H and O–H groups in total. The van der Waals surface area contributed by atoms with Crippen molar-refractivity contribution in [2.75, 3.05) is 5.32 Å². The van der Waals surface area contributed by atoms with Gasteiger partial charge in [0.2, 0.25) is 0 Å². The summed E-state index contributed by atoms with van der Waals surface area (Å²) in [6, 6.07) is 8.70. The Morgan fingerprint density at radius 3 is 2.50 bits per heavy atom. The van der Waals surface area contributed by atoms with E-state index >= 15 is 0 Å². The molecule has 2 rings (SSSR count). The summed E-state index contributed by atoms with van der Waals surface area (Å²) in [6.07, 6.45) is 0. The normalized spacial score (nSPS) is 10.4. The third-order valence-corrected chi connectivity index (χ3v) is 3.04. The molecule has 0 aliphatic heterocycles. The zero-order valence-electron chi connectivity index (χ0n) is 9.25. The van der Waals surface area contributed by atoms with Gasteiger partial charge in [0.05, 0.1) is 4.47 Å². The molecule has 2 nitrogen and oxygen atoms in total. The Hall–Kier alpha value is -1.62. The average Bonchev–Trinajstić information content (AvgIpc) is 2.35. The van der Waals surface area contributed by atoms with Crippen LogP contribution in [0, 0.1) is 11.6 Å². The highest BCUT2D eigenvalue weighted by molar-refractivity contribution is 9.10. The second-order valence-corrected chi connectivity index (χ2v) is 4.62. The van der Waals surface area contributed by atoms with Crippen molar-refractivity contribution in [2.45, 2.75) is 6.54 Å². The molecule has 94 valence electrons. The maximum Gasteiger partial charge on any atom is 0.166 e. The predicted octanol–water partition coefficient (Wildman–Crippen LogP) is 4.05. The molecule has 0 radical (unpaired) electrons. The number of phenolic OH excluding ortho intramolecular Hbond substituents is 1.